The number of esters is 1. The molecule has 1 unspecified atom stereocenters. The Balaban J connectivity index is 4.04. The highest BCUT2D eigenvalue weighted by molar-refractivity contribution is 5.76. The Kier molecular flexibility index (Phi) is 9.35. The van der Waals surface area contributed by atoms with Gasteiger partial charge in [-0.25, -0.2) is 0 Å². The zero-order chi connectivity index (χ0) is 12.9. The van der Waals surface area contributed by atoms with Gasteiger partial charge >= 0.3 is 5.97 Å². The summed E-state index contributed by atoms with van der Waals surface area (Å²) in [4.78, 5) is 16.6. The molecule has 0 aromatic heterocycles. The van der Waals surface area contributed by atoms with E-state index < -0.39 is 12.0 Å². The molecule has 0 rings (SSSR count). The zero-order valence-corrected chi connectivity index (χ0v) is 9.61. The molecular formula is C8H15N7O2. The number of hydrogen-bond donors (Lipinski definition) is 1. The third kappa shape index (κ3) is 7.92. The summed E-state index contributed by atoms with van der Waals surface area (Å²) in [5.41, 5.74) is 16.2. The molecule has 1 atom stereocenters. The van der Waals surface area contributed by atoms with E-state index >= 15 is 0 Å². The molecule has 0 aromatic rings. The van der Waals surface area contributed by atoms with E-state index in [4.69, 9.17) is 15.8 Å². The van der Waals surface area contributed by atoms with Crippen LogP contribution in [0, 0.1) is 0 Å². The maximum absolute atomic E-state index is 11.4. The summed E-state index contributed by atoms with van der Waals surface area (Å²) in [6.45, 7) is 2.79. The third-order valence-corrected chi connectivity index (χ3v) is 1.79. The lowest BCUT2D eigenvalue weighted by Crippen LogP contribution is -2.41. The molecule has 0 saturated heterocycles. The average molecular weight is 241 g/mol. The Morgan fingerprint density at radius 1 is 1.41 bits per heavy atom. The first-order valence-electron chi connectivity index (χ1n) is 5.18. The number of nitrogens with one attached hydrogen (secondary N) is 1. The number of carbonyl (C=O) groups excluding carboxylic acids is 1. The summed E-state index contributed by atoms with van der Waals surface area (Å²) < 4.78 is 4.81. The molecule has 0 fully saturated rings. The van der Waals surface area contributed by atoms with E-state index in [2.05, 4.69) is 25.4 Å². The molecule has 0 aliphatic heterocycles. The molecule has 9 heteroatoms. The fourth-order valence-corrected chi connectivity index (χ4v) is 1.05. The van der Waals surface area contributed by atoms with Crippen molar-refractivity contribution >= 4 is 5.97 Å². The van der Waals surface area contributed by atoms with E-state index in [1.54, 1.807) is 6.92 Å². The second kappa shape index (κ2) is 10.6. The van der Waals surface area contributed by atoms with Crippen LogP contribution < -0.4 is 5.32 Å². The molecule has 0 heterocycles. The first-order chi connectivity index (χ1) is 8.26. The summed E-state index contributed by atoms with van der Waals surface area (Å²) in [5, 5.41) is 9.56. The maximum Gasteiger partial charge on any atom is 0.323 e. The lowest BCUT2D eigenvalue weighted by Gasteiger charge is -2.14. The fraction of sp³-hybridized carbons (Fsp3) is 0.875. The highest BCUT2D eigenvalue weighted by Gasteiger charge is 2.17. The standard InChI is InChI=1S/C8H15N7O2/c1-2-17-8(16)7(6-13-15-10)11-4-3-5-12-14-9/h7,11H,2-6H2,1H3. The van der Waals surface area contributed by atoms with Crippen molar-refractivity contribution in [3.8, 4) is 0 Å². The van der Waals surface area contributed by atoms with Gasteiger partial charge in [-0.2, -0.15) is 0 Å². The Bertz CT molecular complexity index is 320. The molecular weight excluding hydrogens is 226 g/mol. The van der Waals surface area contributed by atoms with Crippen molar-refractivity contribution < 1.29 is 9.53 Å². The number of carbonyl (C=O) groups is 1. The molecule has 1 N–H and O–H groups in total. The Hall–Kier alpha value is -1.95. The number of hydrogen-bond acceptors (Lipinski definition) is 5. The van der Waals surface area contributed by atoms with Crippen molar-refractivity contribution in [1.82, 2.24) is 5.32 Å². The molecule has 94 valence electrons. The molecule has 0 bridgehead atoms. The van der Waals surface area contributed by atoms with E-state index in [0.29, 0.717) is 19.5 Å². The van der Waals surface area contributed by atoms with Gasteiger partial charge in [0.25, 0.3) is 0 Å². The first-order valence-corrected chi connectivity index (χ1v) is 5.18. The fourth-order valence-electron chi connectivity index (χ4n) is 1.05. The number of rotatable bonds is 9. The number of azide groups is 2. The van der Waals surface area contributed by atoms with E-state index in [1.165, 1.54) is 0 Å². The first kappa shape index (κ1) is 15.0. The van der Waals surface area contributed by atoms with Crippen molar-refractivity contribution in [3.05, 3.63) is 20.9 Å². The van der Waals surface area contributed by atoms with Crippen LogP contribution in [0.25, 0.3) is 20.9 Å². The predicted molar refractivity (Wildman–Crippen MR) is 61.1 cm³/mol. The smallest absolute Gasteiger partial charge is 0.323 e. The van der Waals surface area contributed by atoms with Crippen LogP contribution in [0.2, 0.25) is 0 Å². The monoisotopic (exact) mass is 241 g/mol. The van der Waals surface area contributed by atoms with Gasteiger partial charge in [0.05, 0.1) is 13.2 Å². The third-order valence-electron chi connectivity index (χ3n) is 1.79. The van der Waals surface area contributed by atoms with Crippen molar-refractivity contribution in [2.45, 2.75) is 19.4 Å². The summed E-state index contributed by atoms with van der Waals surface area (Å²) in [7, 11) is 0. The molecule has 0 aromatic carbocycles. The van der Waals surface area contributed by atoms with Gasteiger partial charge in [-0.05, 0) is 31.0 Å². The number of nitrogens with zero attached hydrogens (tertiary/aromatic N) is 6. The molecule has 0 saturated carbocycles. The van der Waals surface area contributed by atoms with Crippen LogP contribution in [0.15, 0.2) is 10.2 Å². The minimum atomic E-state index is -0.656. The molecule has 0 spiro atoms. The molecule has 0 radical (unpaired) electrons. The van der Waals surface area contributed by atoms with Gasteiger partial charge in [0.1, 0.15) is 6.04 Å². The van der Waals surface area contributed by atoms with Crippen LogP contribution in [-0.4, -0.2) is 38.3 Å². The Morgan fingerprint density at radius 2 is 2.12 bits per heavy atom. The molecule has 0 amide bonds. The Labute approximate surface area is 98.4 Å². The topological polar surface area (TPSA) is 136 Å². The van der Waals surface area contributed by atoms with Gasteiger partial charge < -0.3 is 10.1 Å². The van der Waals surface area contributed by atoms with Crippen LogP contribution in [0.4, 0.5) is 0 Å². The van der Waals surface area contributed by atoms with E-state index in [-0.39, 0.29) is 13.2 Å². The maximum atomic E-state index is 11.4. The summed E-state index contributed by atoms with van der Waals surface area (Å²) in [5.74, 6) is -0.455. The summed E-state index contributed by atoms with van der Waals surface area (Å²) >= 11 is 0. The van der Waals surface area contributed by atoms with Gasteiger partial charge in [-0.3, -0.25) is 4.79 Å². The van der Waals surface area contributed by atoms with Gasteiger partial charge in [-0.1, -0.05) is 10.2 Å². The minimum absolute atomic E-state index is 0.00312. The van der Waals surface area contributed by atoms with Gasteiger partial charge in [0, 0.05) is 16.4 Å². The van der Waals surface area contributed by atoms with Crippen molar-refractivity contribution in [3.63, 3.8) is 0 Å². The van der Waals surface area contributed by atoms with Crippen LogP contribution in [0.1, 0.15) is 13.3 Å². The minimum Gasteiger partial charge on any atom is -0.465 e. The average Bonchev–Trinajstić information content (AvgIpc) is 2.33. The lowest BCUT2D eigenvalue weighted by atomic mass is 10.3. The van der Waals surface area contributed by atoms with Gasteiger partial charge in [0.15, 0.2) is 0 Å². The van der Waals surface area contributed by atoms with Crippen LogP contribution in [0.3, 0.4) is 0 Å². The Morgan fingerprint density at radius 3 is 2.71 bits per heavy atom. The highest BCUT2D eigenvalue weighted by Crippen LogP contribution is 1.93. The normalized spacial score (nSPS) is 10.9. The van der Waals surface area contributed by atoms with Crippen LogP contribution in [0.5, 0.6) is 0 Å². The van der Waals surface area contributed by atoms with E-state index in [9.17, 15) is 4.79 Å². The SMILES string of the molecule is CCOC(=O)C(CN=[N+]=[N-])NCCCN=[N+]=[N-]. The molecule has 9 nitrogen and oxygen atoms in total. The number of ether oxygens (including phenoxy) is 1. The van der Waals surface area contributed by atoms with E-state index in [1.807, 2.05) is 0 Å². The largest absolute Gasteiger partial charge is 0.465 e. The zero-order valence-electron chi connectivity index (χ0n) is 9.61. The van der Waals surface area contributed by atoms with Crippen molar-refractivity contribution in [2.75, 3.05) is 26.2 Å². The van der Waals surface area contributed by atoms with E-state index in [0.717, 1.165) is 0 Å². The predicted octanol–water partition coefficient (Wildman–Crippen LogP) is 1.52. The van der Waals surface area contributed by atoms with Gasteiger partial charge in [0.2, 0.25) is 0 Å². The summed E-state index contributed by atoms with van der Waals surface area (Å²) in [6, 6.07) is -0.656. The quantitative estimate of drug-likeness (QED) is 0.215. The van der Waals surface area contributed by atoms with Crippen LogP contribution >= 0.6 is 0 Å². The van der Waals surface area contributed by atoms with Crippen molar-refractivity contribution in [2.24, 2.45) is 10.2 Å². The highest BCUT2D eigenvalue weighted by atomic mass is 16.5. The van der Waals surface area contributed by atoms with Gasteiger partial charge in [-0.15, -0.1) is 0 Å². The van der Waals surface area contributed by atoms with Crippen LogP contribution in [-0.2, 0) is 9.53 Å². The molecule has 17 heavy (non-hydrogen) atoms. The molecule has 0 aliphatic rings. The van der Waals surface area contributed by atoms with Crippen molar-refractivity contribution in [1.29, 1.82) is 0 Å². The second-order valence-corrected chi connectivity index (χ2v) is 2.98. The molecule has 0 aliphatic carbocycles. The second-order valence-electron chi connectivity index (χ2n) is 2.98. The lowest BCUT2D eigenvalue weighted by molar-refractivity contribution is -0.145. The summed E-state index contributed by atoms with van der Waals surface area (Å²) in [6.07, 6.45) is 0.593.